The Labute approximate surface area is 199 Å². The van der Waals surface area contributed by atoms with Gasteiger partial charge in [0.25, 0.3) is 5.56 Å². The molecule has 0 radical (unpaired) electrons. The summed E-state index contributed by atoms with van der Waals surface area (Å²) in [5.74, 6) is 2.01. The van der Waals surface area contributed by atoms with E-state index in [4.69, 9.17) is 14.5 Å². The lowest BCUT2D eigenvalue weighted by Gasteiger charge is -2.22. The van der Waals surface area contributed by atoms with Crippen LogP contribution in [0.25, 0.3) is 11.4 Å². The van der Waals surface area contributed by atoms with Crippen LogP contribution >= 0.6 is 0 Å². The van der Waals surface area contributed by atoms with Gasteiger partial charge >= 0.3 is 0 Å². The van der Waals surface area contributed by atoms with Crippen molar-refractivity contribution in [2.24, 2.45) is 7.05 Å². The monoisotopic (exact) mass is 464 g/mol. The van der Waals surface area contributed by atoms with Crippen LogP contribution in [-0.2, 0) is 18.2 Å². The summed E-state index contributed by atoms with van der Waals surface area (Å²) in [4.78, 5) is 29.5. The van der Waals surface area contributed by atoms with E-state index in [9.17, 15) is 4.79 Å². The molecule has 34 heavy (non-hydrogen) atoms. The zero-order valence-electron chi connectivity index (χ0n) is 20.4. The van der Waals surface area contributed by atoms with Crippen molar-refractivity contribution >= 4 is 11.5 Å². The molecule has 4 rings (SSSR count). The molecule has 0 bridgehead atoms. The van der Waals surface area contributed by atoms with Crippen molar-refractivity contribution < 1.29 is 9.47 Å². The van der Waals surface area contributed by atoms with E-state index in [0.29, 0.717) is 43.5 Å². The average molecular weight is 465 g/mol. The van der Waals surface area contributed by atoms with Gasteiger partial charge in [-0.25, -0.2) is 15.0 Å². The molecule has 2 atom stereocenters. The molecule has 1 aliphatic heterocycles. The van der Waals surface area contributed by atoms with Gasteiger partial charge in [0, 0.05) is 44.6 Å². The number of aromatic nitrogens is 4. The van der Waals surface area contributed by atoms with Crippen molar-refractivity contribution in [2.75, 3.05) is 37.0 Å². The standard InChI is InChI=1S/C25H32N6O3/c1-6-18-23(25(32)30(4)24(29-18)17-11-12-22(33-5)27-16(17)3)28-19-14-31(15-20(19)34-7-2)21-10-8-9-13-26-21/h8-13,19-20,28H,6-7,14-15H2,1-5H3. The fourth-order valence-electron chi connectivity index (χ4n) is 4.38. The number of nitrogens with one attached hydrogen (secondary N) is 1. The molecule has 1 aliphatic rings. The topological polar surface area (TPSA) is 94.4 Å². The summed E-state index contributed by atoms with van der Waals surface area (Å²) in [5.41, 5.74) is 2.67. The molecule has 9 heteroatoms. The number of aryl methyl sites for hydroxylation is 2. The number of hydrogen-bond acceptors (Lipinski definition) is 8. The SMILES string of the molecule is CCOC1CN(c2ccccn2)CC1Nc1c(CC)nc(-c2ccc(OC)nc2C)n(C)c1=O. The molecule has 180 valence electrons. The predicted molar refractivity (Wildman–Crippen MR) is 133 cm³/mol. The Morgan fingerprint density at radius 3 is 2.62 bits per heavy atom. The molecule has 4 heterocycles. The van der Waals surface area contributed by atoms with Gasteiger partial charge in [0.2, 0.25) is 5.88 Å². The third kappa shape index (κ3) is 4.61. The Morgan fingerprint density at radius 2 is 1.97 bits per heavy atom. The van der Waals surface area contributed by atoms with Crippen LogP contribution in [0, 0.1) is 6.92 Å². The van der Waals surface area contributed by atoms with E-state index in [1.54, 1.807) is 31.0 Å². The number of hydrogen-bond donors (Lipinski definition) is 1. The molecule has 1 saturated heterocycles. The number of ether oxygens (including phenoxy) is 2. The lowest BCUT2D eigenvalue weighted by atomic mass is 10.1. The zero-order valence-corrected chi connectivity index (χ0v) is 20.4. The highest BCUT2D eigenvalue weighted by Gasteiger charge is 2.35. The van der Waals surface area contributed by atoms with Crippen molar-refractivity contribution in [3.8, 4) is 17.3 Å². The van der Waals surface area contributed by atoms with E-state index in [0.717, 1.165) is 22.8 Å². The van der Waals surface area contributed by atoms with Crippen LogP contribution in [0.15, 0.2) is 41.3 Å². The van der Waals surface area contributed by atoms with E-state index in [-0.39, 0.29) is 17.7 Å². The minimum atomic E-state index is -0.122. The molecule has 0 spiro atoms. The van der Waals surface area contributed by atoms with E-state index >= 15 is 0 Å². The quantitative estimate of drug-likeness (QED) is 0.544. The lowest BCUT2D eigenvalue weighted by molar-refractivity contribution is 0.0719. The highest BCUT2D eigenvalue weighted by Crippen LogP contribution is 2.26. The van der Waals surface area contributed by atoms with E-state index in [2.05, 4.69) is 20.2 Å². The van der Waals surface area contributed by atoms with Gasteiger partial charge in [-0.3, -0.25) is 9.36 Å². The molecule has 3 aromatic heterocycles. The lowest BCUT2D eigenvalue weighted by Crippen LogP contribution is -2.38. The summed E-state index contributed by atoms with van der Waals surface area (Å²) in [6.07, 6.45) is 2.33. The molecule has 0 saturated carbocycles. The number of nitrogens with zero attached hydrogens (tertiary/aromatic N) is 5. The van der Waals surface area contributed by atoms with Crippen molar-refractivity contribution in [1.82, 2.24) is 19.5 Å². The third-order valence-electron chi connectivity index (χ3n) is 6.16. The van der Waals surface area contributed by atoms with Crippen LogP contribution in [0.2, 0.25) is 0 Å². The fourth-order valence-corrected chi connectivity index (χ4v) is 4.38. The molecule has 1 N–H and O–H groups in total. The summed E-state index contributed by atoms with van der Waals surface area (Å²) in [6, 6.07) is 9.47. The minimum absolute atomic E-state index is 0.0722. The van der Waals surface area contributed by atoms with Crippen molar-refractivity contribution in [3.05, 3.63) is 58.3 Å². The van der Waals surface area contributed by atoms with Gasteiger partial charge in [0.1, 0.15) is 17.3 Å². The second-order valence-electron chi connectivity index (χ2n) is 8.30. The maximum Gasteiger partial charge on any atom is 0.277 e. The van der Waals surface area contributed by atoms with Gasteiger partial charge in [0.15, 0.2) is 0 Å². The molecule has 0 aromatic carbocycles. The van der Waals surface area contributed by atoms with E-state index in [1.807, 2.05) is 45.0 Å². The molecule has 0 aliphatic carbocycles. The van der Waals surface area contributed by atoms with Crippen molar-refractivity contribution in [2.45, 2.75) is 39.3 Å². The summed E-state index contributed by atoms with van der Waals surface area (Å²) in [7, 11) is 3.33. The van der Waals surface area contributed by atoms with Gasteiger partial charge in [-0.15, -0.1) is 0 Å². The number of methoxy groups -OCH3 is 1. The minimum Gasteiger partial charge on any atom is -0.481 e. The first kappa shape index (κ1) is 23.7. The Bertz CT molecular complexity index is 1200. The van der Waals surface area contributed by atoms with Crippen LogP contribution in [-0.4, -0.2) is 58.5 Å². The first-order valence-electron chi connectivity index (χ1n) is 11.6. The largest absolute Gasteiger partial charge is 0.481 e. The Balaban J connectivity index is 1.68. The van der Waals surface area contributed by atoms with Gasteiger partial charge in [-0.05, 0) is 38.5 Å². The summed E-state index contributed by atoms with van der Waals surface area (Å²) >= 11 is 0. The smallest absolute Gasteiger partial charge is 0.277 e. The Kier molecular flexibility index (Phi) is 7.12. The van der Waals surface area contributed by atoms with Crippen LogP contribution in [0.5, 0.6) is 5.88 Å². The molecular formula is C25H32N6O3. The maximum absolute atomic E-state index is 13.5. The molecule has 2 unspecified atom stereocenters. The van der Waals surface area contributed by atoms with E-state index in [1.165, 1.54) is 0 Å². The van der Waals surface area contributed by atoms with Gasteiger partial charge in [0.05, 0.1) is 30.6 Å². The molecule has 1 fully saturated rings. The predicted octanol–water partition coefficient (Wildman–Crippen LogP) is 2.82. The van der Waals surface area contributed by atoms with Gasteiger partial charge < -0.3 is 19.7 Å². The van der Waals surface area contributed by atoms with Crippen LogP contribution in [0.4, 0.5) is 11.5 Å². The fraction of sp³-hybridized carbons (Fsp3) is 0.440. The van der Waals surface area contributed by atoms with Crippen LogP contribution < -0.4 is 20.5 Å². The highest BCUT2D eigenvalue weighted by atomic mass is 16.5. The third-order valence-corrected chi connectivity index (χ3v) is 6.16. The molecule has 0 amide bonds. The first-order chi connectivity index (χ1) is 16.5. The van der Waals surface area contributed by atoms with Crippen molar-refractivity contribution in [1.29, 1.82) is 0 Å². The molecular weight excluding hydrogens is 432 g/mol. The zero-order chi connectivity index (χ0) is 24.2. The average Bonchev–Trinajstić information content (AvgIpc) is 3.25. The van der Waals surface area contributed by atoms with Gasteiger partial charge in [-0.2, -0.15) is 0 Å². The van der Waals surface area contributed by atoms with Crippen molar-refractivity contribution in [3.63, 3.8) is 0 Å². The highest BCUT2D eigenvalue weighted by molar-refractivity contribution is 5.62. The van der Waals surface area contributed by atoms with Crippen LogP contribution in [0.3, 0.4) is 0 Å². The van der Waals surface area contributed by atoms with Gasteiger partial charge in [-0.1, -0.05) is 13.0 Å². The second kappa shape index (κ2) is 10.2. The summed E-state index contributed by atoms with van der Waals surface area (Å²) < 4.78 is 12.8. The summed E-state index contributed by atoms with van der Waals surface area (Å²) in [5, 5.41) is 3.49. The number of anilines is 2. The summed E-state index contributed by atoms with van der Waals surface area (Å²) in [6.45, 7) is 7.85. The first-order valence-corrected chi connectivity index (χ1v) is 11.6. The molecule has 3 aromatic rings. The normalized spacial score (nSPS) is 17.7. The Hall–Kier alpha value is -3.46. The Morgan fingerprint density at radius 1 is 1.15 bits per heavy atom. The number of rotatable bonds is 8. The van der Waals surface area contributed by atoms with Crippen LogP contribution in [0.1, 0.15) is 25.2 Å². The molecule has 9 nitrogen and oxygen atoms in total. The second-order valence-corrected chi connectivity index (χ2v) is 8.30. The number of pyridine rings is 2. The maximum atomic E-state index is 13.5. The van der Waals surface area contributed by atoms with E-state index < -0.39 is 0 Å².